The Labute approximate surface area is 145 Å². The molecule has 0 fully saturated rings. The van der Waals surface area contributed by atoms with Crippen molar-refractivity contribution < 1.29 is 14.7 Å². The van der Waals surface area contributed by atoms with Gasteiger partial charge >= 0.3 is 6.03 Å². The second kappa shape index (κ2) is 7.51. The first-order valence-corrected chi connectivity index (χ1v) is 7.74. The van der Waals surface area contributed by atoms with Crippen LogP contribution in [-0.2, 0) is 4.74 Å². The van der Waals surface area contributed by atoms with E-state index in [1.165, 1.54) is 0 Å². The minimum Gasteiger partial charge on any atom is -0.475 e. The first-order chi connectivity index (χ1) is 12.1. The molecule has 0 spiro atoms. The van der Waals surface area contributed by atoms with Gasteiger partial charge in [0, 0.05) is 11.1 Å². The van der Waals surface area contributed by atoms with Crippen LogP contribution in [0, 0.1) is 11.8 Å². The van der Waals surface area contributed by atoms with Crippen molar-refractivity contribution in [2.24, 2.45) is 10.7 Å². The number of rotatable bonds is 3. The fraction of sp³-hybridized carbons (Fsp3) is 0.158. The van der Waals surface area contributed by atoms with Crippen LogP contribution in [0.3, 0.4) is 0 Å². The molecule has 6 heteroatoms. The normalized spacial score (nSPS) is 15.6. The molecule has 0 aliphatic carbocycles. The minimum absolute atomic E-state index is 0.00976. The highest BCUT2D eigenvalue weighted by molar-refractivity contribution is 5.95. The summed E-state index contributed by atoms with van der Waals surface area (Å²) in [6, 6.07) is 16.5. The Hall–Kier alpha value is -3.30. The van der Waals surface area contributed by atoms with Gasteiger partial charge in [0.05, 0.1) is 0 Å². The summed E-state index contributed by atoms with van der Waals surface area (Å²) in [6.07, 6.45) is 0. The van der Waals surface area contributed by atoms with Crippen molar-refractivity contribution in [2.75, 3.05) is 13.2 Å². The standard InChI is InChI=1S/C19H17N3O3/c20-19(23)22(24)11-5-7-14-6-4-10-16(12-14)18-21-17(13-25-18)15-8-2-1-3-9-15/h1-4,6,8-10,12,17,24H,11,13H2,(H2,20,23)/t17-/m1/s1. The number of nitrogens with zero attached hydrogens (tertiary/aromatic N) is 2. The Morgan fingerprint density at radius 1 is 1.28 bits per heavy atom. The van der Waals surface area contributed by atoms with E-state index in [0.717, 1.165) is 16.7 Å². The zero-order valence-electron chi connectivity index (χ0n) is 13.4. The third-order valence-corrected chi connectivity index (χ3v) is 3.66. The number of amides is 2. The minimum atomic E-state index is -0.941. The van der Waals surface area contributed by atoms with Crippen LogP contribution in [0.25, 0.3) is 0 Å². The first kappa shape index (κ1) is 16.6. The Balaban J connectivity index is 1.74. The van der Waals surface area contributed by atoms with Crippen molar-refractivity contribution in [3.8, 4) is 11.8 Å². The molecule has 2 aromatic rings. The van der Waals surface area contributed by atoms with Crippen LogP contribution in [-0.4, -0.2) is 35.4 Å². The molecule has 2 aromatic carbocycles. The average Bonchev–Trinajstić information content (AvgIpc) is 3.13. The zero-order valence-corrected chi connectivity index (χ0v) is 13.4. The lowest BCUT2D eigenvalue weighted by atomic mass is 10.1. The van der Waals surface area contributed by atoms with Crippen LogP contribution in [0.15, 0.2) is 59.6 Å². The number of benzene rings is 2. The molecule has 0 radical (unpaired) electrons. The number of primary amides is 1. The van der Waals surface area contributed by atoms with Gasteiger partial charge in [-0.2, -0.15) is 5.06 Å². The van der Waals surface area contributed by atoms with Gasteiger partial charge in [0.1, 0.15) is 19.2 Å². The average molecular weight is 335 g/mol. The summed E-state index contributed by atoms with van der Waals surface area (Å²) in [5.41, 5.74) is 7.59. The highest BCUT2D eigenvalue weighted by Gasteiger charge is 2.21. The van der Waals surface area contributed by atoms with Crippen LogP contribution >= 0.6 is 0 Å². The van der Waals surface area contributed by atoms with Gasteiger partial charge in [-0.25, -0.2) is 9.79 Å². The molecule has 2 amide bonds. The molecule has 0 bridgehead atoms. The predicted octanol–water partition coefficient (Wildman–Crippen LogP) is 2.33. The van der Waals surface area contributed by atoms with Crippen LogP contribution in [0.5, 0.6) is 0 Å². The summed E-state index contributed by atoms with van der Waals surface area (Å²) < 4.78 is 5.73. The van der Waals surface area contributed by atoms with Crippen molar-refractivity contribution in [3.05, 3.63) is 71.3 Å². The summed E-state index contributed by atoms with van der Waals surface area (Å²) in [4.78, 5) is 15.4. The molecular weight excluding hydrogens is 318 g/mol. The lowest BCUT2D eigenvalue weighted by Gasteiger charge is -2.05. The molecule has 6 nitrogen and oxygen atoms in total. The van der Waals surface area contributed by atoms with E-state index in [2.05, 4.69) is 16.8 Å². The van der Waals surface area contributed by atoms with E-state index in [-0.39, 0.29) is 12.6 Å². The van der Waals surface area contributed by atoms with E-state index in [0.29, 0.717) is 17.6 Å². The highest BCUT2D eigenvalue weighted by atomic mass is 16.5. The van der Waals surface area contributed by atoms with Gasteiger partial charge in [0.25, 0.3) is 0 Å². The summed E-state index contributed by atoms with van der Waals surface area (Å²) in [7, 11) is 0. The molecule has 0 aromatic heterocycles. The van der Waals surface area contributed by atoms with E-state index in [9.17, 15) is 10.0 Å². The summed E-state index contributed by atoms with van der Waals surface area (Å²) >= 11 is 0. The van der Waals surface area contributed by atoms with E-state index >= 15 is 0 Å². The summed E-state index contributed by atoms with van der Waals surface area (Å²) in [6.45, 7) is 0.348. The van der Waals surface area contributed by atoms with Gasteiger partial charge < -0.3 is 10.5 Å². The molecule has 1 aliphatic heterocycles. The van der Waals surface area contributed by atoms with Crippen LogP contribution in [0.1, 0.15) is 22.7 Å². The van der Waals surface area contributed by atoms with E-state index < -0.39 is 6.03 Å². The van der Waals surface area contributed by atoms with Gasteiger partial charge in [-0.05, 0) is 23.8 Å². The van der Waals surface area contributed by atoms with Crippen molar-refractivity contribution >= 4 is 11.9 Å². The monoisotopic (exact) mass is 335 g/mol. The number of carbonyl (C=O) groups is 1. The van der Waals surface area contributed by atoms with Gasteiger partial charge in [0.15, 0.2) is 0 Å². The lowest BCUT2D eigenvalue weighted by molar-refractivity contribution is -0.0269. The molecule has 1 atom stereocenters. The van der Waals surface area contributed by atoms with Crippen LogP contribution < -0.4 is 5.73 Å². The number of hydroxylamine groups is 2. The number of aliphatic imine (C=N–C) groups is 1. The number of carbonyl (C=O) groups excluding carboxylic acids is 1. The second-order valence-electron chi connectivity index (χ2n) is 5.45. The van der Waals surface area contributed by atoms with Crippen LogP contribution in [0.2, 0.25) is 0 Å². The molecule has 1 heterocycles. The third kappa shape index (κ3) is 4.16. The van der Waals surface area contributed by atoms with E-state index in [1.54, 1.807) is 0 Å². The molecule has 0 saturated heterocycles. The SMILES string of the molecule is NC(=O)N(O)CC#Cc1cccc(C2=N[C@@H](c3ccccc3)CO2)c1. The van der Waals surface area contributed by atoms with Crippen LogP contribution in [0.4, 0.5) is 4.79 Å². The molecular formula is C19H17N3O3. The maximum absolute atomic E-state index is 10.7. The Morgan fingerprint density at radius 3 is 2.84 bits per heavy atom. The molecule has 0 unspecified atom stereocenters. The molecule has 3 rings (SSSR count). The van der Waals surface area contributed by atoms with E-state index in [1.807, 2.05) is 54.6 Å². The Bertz CT molecular complexity index is 853. The molecule has 126 valence electrons. The van der Waals surface area contributed by atoms with Crippen molar-refractivity contribution in [1.29, 1.82) is 0 Å². The molecule has 1 aliphatic rings. The smallest absolute Gasteiger partial charge is 0.339 e. The number of hydrogen-bond acceptors (Lipinski definition) is 4. The number of urea groups is 1. The maximum atomic E-state index is 10.7. The lowest BCUT2D eigenvalue weighted by Crippen LogP contribution is -2.32. The zero-order chi connectivity index (χ0) is 17.6. The topological polar surface area (TPSA) is 88.2 Å². The number of hydrogen-bond donors (Lipinski definition) is 2. The largest absolute Gasteiger partial charge is 0.475 e. The number of nitrogens with two attached hydrogens (primary N) is 1. The third-order valence-electron chi connectivity index (χ3n) is 3.66. The van der Waals surface area contributed by atoms with Gasteiger partial charge in [0.2, 0.25) is 5.90 Å². The van der Waals surface area contributed by atoms with Crippen molar-refractivity contribution in [3.63, 3.8) is 0 Å². The molecule has 0 saturated carbocycles. The molecule has 3 N–H and O–H groups in total. The predicted molar refractivity (Wildman–Crippen MR) is 93.1 cm³/mol. The highest BCUT2D eigenvalue weighted by Crippen LogP contribution is 2.25. The summed E-state index contributed by atoms with van der Waals surface area (Å²) in [5.74, 6) is 6.13. The first-order valence-electron chi connectivity index (χ1n) is 7.74. The quantitative estimate of drug-likeness (QED) is 0.512. The Kier molecular flexibility index (Phi) is 4.97. The van der Waals surface area contributed by atoms with Gasteiger partial charge in [-0.3, -0.25) is 5.21 Å². The fourth-order valence-corrected chi connectivity index (χ4v) is 2.40. The maximum Gasteiger partial charge on any atom is 0.339 e. The van der Waals surface area contributed by atoms with Crippen molar-refractivity contribution in [1.82, 2.24) is 5.06 Å². The van der Waals surface area contributed by atoms with Crippen molar-refractivity contribution in [2.45, 2.75) is 6.04 Å². The second-order valence-corrected chi connectivity index (χ2v) is 5.45. The molecule has 25 heavy (non-hydrogen) atoms. The van der Waals surface area contributed by atoms with Gasteiger partial charge in [-0.1, -0.05) is 48.2 Å². The number of ether oxygens (including phenoxy) is 1. The Morgan fingerprint density at radius 2 is 2.08 bits per heavy atom. The fourth-order valence-electron chi connectivity index (χ4n) is 2.40. The van der Waals surface area contributed by atoms with Gasteiger partial charge in [-0.15, -0.1) is 0 Å². The summed E-state index contributed by atoms with van der Waals surface area (Å²) in [5, 5.41) is 9.54. The van der Waals surface area contributed by atoms with E-state index in [4.69, 9.17) is 10.5 Å².